The molecule has 0 N–H and O–H groups in total. The van der Waals surface area contributed by atoms with Gasteiger partial charge in [-0.2, -0.15) is 10.5 Å². The number of nitrogens with zero attached hydrogens (tertiary/aromatic N) is 2. The van der Waals surface area contributed by atoms with Crippen molar-refractivity contribution in [1.29, 1.82) is 10.5 Å². The number of rotatable bonds is 4. The molecule has 0 rings (SSSR count). The molecule has 2 heteroatoms. The monoisotopic (exact) mass is 192 g/mol. The van der Waals surface area contributed by atoms with E-state index >= 15 is 0 Å². The third kappa shape index (κ3) is 4.28. The minimum absolute atomic E-state index is 0.201. The Bertz CT molecular complexity index is 233. The average Bonchev–Trinajstić information content (AvgIpc) is 2.11. The second-order valence-electron chi connectivity index (χ2n) is 5.12. The molecule has 0 bridgehead atoms. The molecule has 0 heterocycles. The molecule has 0 atom stereocenters. The average molecular weight is 192 g/mol. The molecule has 0 unspecified atom stereocenters. The van der Waals surface area contributed by atoms with Crippen LogP contribution in [-0.4, -0.2) is 0 Å². The van der Waals surface area contributed by atoms with E-state index in [1.807, 2.05) is 6.92 Å². The second kappa shape index (κ2) is 5.01. The lowest BCUT2D eigenvalue weighted by atomic mass is 9.77. The van der Waals surface area contributed by atoms with Crippen molar-refractivity contribution in [2.24, 2.45) is 10.8 Å². The zero-order chi connectivity index (χ0) is 11.2. The molecule has 0 radical (unpaired) electrons. The molecule has 0 aliphatic heterocycles. The van der Waals surface area contributed by atoms with Gasteiger partial charge in [0.2, 0.25) is 0 Å². The van der Waals surface area contributed by atoms with Crippen LogP contribution in [0.4, 0.5) is 0 Å². The van der Waals surface area contributed by atoms with Crippen molar-refractivity contribution in [2.45, 2.75) is 53.4 Å². The molecule has 0 aliphatic carbocycles. The van der Waals surface area contributed by atoms with Crippen LogP contribution in [0.15, 0.2) is 0 Å². The predicted molar refractivity (Wildman–Crippen MR) is 57.3 cm³/mol. The van der Waals surface area contributed by atoms with E-state index in [1.165, 1.54) is 0 Å². The van der Waals surface area contributed by atoms with Crippen molar-refractivity contribution in [2.75, 3.05) is 0 Å². The molecule has 14 heavy (non-hydrogen) atoms. The topological polar surface area (TPSA) is 47.6 Å². The lowest BCUT2D eigenvalue weighted by molar-refractivity contribution is 0.304. The molecule has 2 nitrogen and oxygen atoms in total. The Labute approximate surface area is 87.5 Å². The fraction of sp³-hybridized carbons (Fsp3) is 0.833. The molecule has 0 aliphatic rings. The molecule has 0 saturated carbocycles. The van der Waals surface area contributed by atoms with Gasteiger partial charge >= 0.3 is 0 Å². The van der Waals surface area contributed by atoms with Crippen LogP contribution in [0.25, 0.3) is 0 Å². The van der Waals surface area contributed by atoms with E-state index in [0.29, 0.717) is 12.8 Å². The van der Waals surface area contributed by atoms with Gasteiger partial charge in [0.1, 0.15) is 5.41 Å². The molecular weight excluding hydrogens is 172 g/mol. The molecule has 0 aromatic rings. The normalized spacial score (nSPS) is 11.9. The van der Waals surface area contributed by atoms with E-state index in [2.05, 4.69) is 32.9 Å². The summed E-state index contributed by atoms with van der Waals surface area (Å²) in [5.41, 5.74) is -0.547. The fourth-order valence-corrected chi connectivity index (χ4v) is 1.39. The first-order valence-electron chi connectivity index (χ1n) is 5.21. The third-order valence-corrected chi connectivity index (χ3v) is 2.41. The van der Waals surface area contributed by atoms with Gasteiger partial charge in [-0.05, 0) is 24.7 Å². The number of hydrogen-bond donors (Lipinski definition) is 0. The second-order valence-corrected chi connectivity index (χ2v) is 5.12. The van der Waals surface area contributed by atoms with Crippen molar-refractivity contribution in [3.8, 4) is 12.1 Å². The Balaban J connectivity index is 4.41. The molecular formula is C12H20N2. The van der Waals surface area contributed by atoms with E-state index in [0.717, 1.165) is 12.8 Å². The Morgan fingerprint density at radius 3 is 1.71 bits per heavy atom. The standard InChI is InChI=1S/C12H20N2/c1-5-6-12(9-13,10-14)8-7-11(2,3)4/h5-8H2,1-4H3. The van der Waals surface area contributed by atoms with Crippen LogP contribution in [0.5, 0.6) is 0 Å². The Hall–Kier alpha value is -1.02. The van der Waals surface area contributed by atoms with E-state index in [9.17, 15) is 0 Å². The first-order valence-corrected chi connectivity index (χ1v) is 5.21. The maximum Gasteiger partial charge on any atom is 0.143 e. The third-order valence-electron chi connectivity index (χ3n) is 2.41. The summed E-state index contributed by atoms with van der Waals surface area (Å²) in [5, 5.41) is 18.1. The van der Waals surface area contributed by atoms with E-state index < -0.39 is 5.41 Å². The van der Waals surface area contributed by atoms with Crippen molar-refractivity contribution in [3.05, 3.63) is 0 Å². The Kier molecular flexibility index (Phi) is 4.64. The van der Waals surface area contributed by atoms with Crippen LogP contribution in [0.1, 0.15) is 53.4 Å². The van der Waals surface area contributed by atoms with Gasteiger partial charge in [0.25, 0.3) is 0 Å². The van der Waals surface area contributed by atoms with Gasteiger partial charge in [-0.3, -0.25) is 0 Å². The van der Waals surface area contributed by atoms with Gasteiger partial charge in [0.05, 0.1) is 12.1 Å². The first kappa shape index (κ1) is 13.0. The summed E-state index contributed by atoms with van der Waals surface area (Å²) in [6.07, 6.45) is 3.20. The predicted octanol–water partition coefficient (Wildman–Crippen LogP) is 3.65. The SMILES string of the molecule is CCCC(C#N)(C#N)CCC(C)(C)C. The number of nitriles is 2. The van der Waals surface area contributed by atoms with Crippen LogP contribution in [0, 0.1) is 33.5 Å². The Morgan fingerprint density at radius 1 is 0.929 bits per heavy atom. The van der Waals surface area contributed by atoms with Crippen LogP contribution in [0.3, 0.4) is 0 Å². The summed E-state index contributed by atoms with van der Waals surface area (Å²) in [4.78, 5) is 0. The summed E-state index contributed by atoms with van der Waals surface area (Å²) < 4.78 is 0. The Morgan fingerprint density at radius 2 is 1.43 bits per heavy atom. The highest BCUT2D eigenvalue weighted by Gasteiger charge is 2.30. The molecule has 0 spiro atoms. The summed E-state index contributed by atoms with van der Waals surface area (Å²) in [6, 6.07) is 4.36. The van der Waals surface area contributed by atoms with Crippen molar-refractivity contribution in [3.63, 3.8) is 0 Å². The van der Waals surface area contributed by atoms with Crippen LogP contribution in [0.2, 0.25) is 0 Å². The van der Waals surface area contributed by atoms with Gasteiger partial charge in [0, 0.05) is 0 Å². The van der Waals surface area contributed by atoms with E-state index in [1.54, 1.807) is 0 Å². The zero-order valence-electron chi connectivity index (χ0n) is 9.72. The molecule has 0 saturated heterocycles. The van der Waals surface area contributed by atoms with Crippen LogP contribution >= 0.6 is 0 Å². The highest BCUT2D eigenvalue weighted by molar-refractivity contribution is 5.13. The minimum Gasteiger partial charge on any atom is -0.197 e. The molecule has 0 aromatic carbocycles. The quantitative estimate of drug-likeness (QED) is 0.682. The summed E-state index contributed by atoms with van der Waals surface area (Å²) in [5.74, 6) is 0. The summed E-state index contributed by atoms with van der Waals surface area (Å²) >= 11 is 0. The zero-order valence-corrected chi connectivity index (χ0v) is 9.72. The summed E-state index contributed by atoms with van der Waals surface area (Å²) in [7, 11) is 0. The van der Waals surface area contributed by atoms with Crippen molar-refractivity contribution < 1.29 is 0 Å². The smallest absolute Gasteiger partial charge is 0.143 e. The molecule has 0 fully saturated rings. The lowest BCUT2D eigenvalue weighted by Crippen LogP contribution is -2.19. The van der Waals surface area contributed by atoms with E-state index in [-0.39, 0.29) is 5.41 Å². The maximum absolute atomic E-state index is 9.03. The van der Waals surface area contributed by atoms with E-state index in [4.69, 9.17) is 10.5 Å². The molecule has 0 aromatic heterocycles. The number of hydrogen-bond acceptors (Lipinski definition) is 2. The summed E-state index contributed by atoms with van der Waals surface area (Å²) in [6.45, 7) is 8.43. The van der Waals surface area contributed by atoms with Crippen LogP contribution in [-0.2, 0) is 0 Å². The molecule has 0 amide bonds. The highest BCUT2D eigenvalue weighted by atomic mass is 14.4. The van der Waals surface area contributed by atoms with Crippen molar-refractivity contribution >= 4 is 0 Å². The minimum atomic E-state index is -0.748. The molecule has 78 valence electrons. The highest BCUT2D eigenvalue weighted by Crippen LogP contribution is 2.33. The first-order chi connectivity index (χ1) is 6.39. The van der Waals surface area contributed by atoms with Crippen LogP contribution < -0.4 is 0 Å². The fourth-order valence-electron chi connectivity index (χ4n) is 1.39. The van der Waals surface area contributed by atoms with Gasteiger partial charge < -0.3 is 0 Å². The van der Waals surface area contributed by atoms with Crippen molar-refractivity contribution in [1.82, 2.24) is 0 Å². The van der Waals surface area contributed by atoms with Gasteiger partial charge in [-0.1, -0.05) is 34.1 Å². The maximum atomic E-state index is 9.03. The van der Waals surface area contributed by atoms with Gasteiger partial charge in [-0.15, -0.1) is 0 Å². The lowest BCUT2D eigenvalue weighted by Gasteiger charge is -2.24. The van der Waals surface area contributed by atoms with Gasteiger partial charge in [-0.25, -0.2) is 0 Å². The van der Waals surface area contributed by atoms with Gasteiger partial charge in [0.15, 0.2) is 0 Å². The largest absolute Gasteiger partial charge is 0.197 e.